The van der Waals surface area contributed by atoms with Crippen molar-refractivity contribution in [1.29, 1.82) is 0 Å². The molecule has 0 bridgehead atoms. The number of aryl methyl sites for hydroxylation is 2. The van der Waals surface area contributed by atoms with Gasteiger partial charge in [0.2, 0.25) is 0 Å². The van der Waals surface area contributed by atoms with Crippen LogP contribution in [0.5, 0.6) is 0 Å². The van der Waals surface area contributed by atoms with Crippen LogP contribution in [0, 0.1) is 13.8 Å². The third-order valence-corrected chi connectivity index (χ3v) is 4.39. The topological polar surface area (TPSA) is 85.1 Å². The zero-order valence-electron chi connectivity index (χ0n) is 11.6. The second kappa shape index (κ2) is 5.79. The van der Waals surface area contributed by atoms with Crippen molar-refractivity contribution in [2.75, 3.05) is 4.72 Å². The number of sulfonamides is 1. The van der Waals surface area contributed by atoms with Crippen LogP contribution in [0.1, 0.15) is 16.8 Å². The van der Waals surface area contributed by atoms with Crippen molar-refractivity contribution < 1.29 is 8.42 Å². The first kappa shape index (κ1) is 15.4. The van der Waals surface area contributed by atoms with Crippen molar-refractivity contribution in [3.05, 3.63) is 53.2 Å². The molecule has 7 heteroatoms. The number of hydrogen-bond acceptors (Lipinski definition) is 4. The lowest BCUT2D eigenvalue weighted by Crippen LogP contribution is -2.15. The van der Waals surface area contributed by atoms with Gasteiger partial charge in [0.05, 0.1) is 4.90 Å². The van der Waals surface area contributed by atoms with E-state index in [1.54, 1.807) is 18.2 Å². The SMILES string of the molecule is Cc1cc(C)nc(NS(=O)(=O)c2ccc(C(N)=S)cc2)c1. The molecule has 0 atom stereocenters. The number of benzene rings is 1. The highest BCUT2D eigenvalue weighted by Crippen LogP contribution is 2.16. The van der Waals surface area contributed by atoms with Crippen LogP contribution in [0.15, 0.2) is 41.3 Å². The third-order valence-electron chi connectivity index (χ3n) is 2.79. The van der Waals surface area contributed by atoms with Crippen LogP contribution in [-0.4, -0.2) is 18.4 Å². The molecule has 0 spiro atoms. The zero-order chi connectivity index (χ0) is 15.6. The predicted octanol–water partition coefficient (Wildman–Crippen LogP) is 2.13. The number of nitrogens with one attached hydrogen (secondary N) is 1. The summed E-state index contributed by atoms with van der Waals surface area (Å²) in [6, 6.07) is 9.61. The van der Waals surface area contributed by atoms with E-state index < -0.39 is 10.0 Å². The fourth-order valence-electron chi connectivity index (χ4n) is 1.89. The summed E-state index contributed by atoms with van der Waals surface area (Å²) in [4.78, 5) is 4.51. The van der Waals surface area contributed by atoms with Crippen LogP contribution in [0.25, 0.3) is 0 Å². The summed E-state index contributed by atoms with van der Waals surface area (Å²) in [6.07, 6.45) is 0. The summed E-state index contributed by atoms with van der Waals surface area (Å²) in [7, 11) is -3.69. The maximum atomic E-state index is 12.3. The molecule has 2 rings (SSSR count). The molecule has 0 aliphatic carbocycles. The van der Waals surface area contributed by atoms with Gasteiger partial charge in [-0.05, 0) is 43.7 Å². The number of nitrogens with two attached hydrogens (primary N) is 1. The summed E-state index contributed by atoms with van der Waals surface area (Å²) in [5.74, 6) is 0.297. The van der Waals surface area contributed by atoms with E-state index in [2.05, 4.69) is 9.71 Å². The second-order valence-electron chi connectivity index (χ2n) is 4.67. The number of anilines is 1. The van der Waals surface area contributed by atoms with Crippen LogP contribution in [0.4, 0.5) is 5.82 Å². The number of aromatic nitrogens is 1. The Morgan fingerprint density at radius 1 is 1.19 bits per heavy atom. The van der Waals surface area contributed by atoms with E-state index in [0.717, 1.165) is 11.3 Å². The number of hydrogen-bond donors (Lipinski definition) is 2. The van der Waals surface area contributed by atoms with Crippen molar-refractivity contribution in [2.24, 2.45) is 5.73 Å². The van der Waals surface area contributed by atoms with E-state index in [-0.39, 0.29) is 9.88 Å². The molecule has 1 aromatic heterocycles. The Hall–Kier alpha value is -1.99. The quantitative estimate of drug-likeness (QED) is 0.843. The largest absolute Gasteiger partial charge is 0.389 e. The molecule has 1 aromatic carbocycles. The van der Waals surface area contributed by atoms with E-state index in [4.69, 9.17) is 18.0 Å². The number of pyridine rings is 1. The molecule has 110 valence electrons. The average molecular weight is 321 g/mol. The first-order valence-electron chi connectivity index (χ1n) is 6.16. The monoisotopic (exact) mass is 321 g/mol. The van der Waals surface area contributed by atoms with E-state index in [0.29, 0.717) is 11.4 Å². The number of rotatable bonds is 4. The van der Waals surface area contributed by atoms with Crippen LogP contribution < -0.4 is 10.5 Å². The Morgan fingerprint density at radius 3 is 2.33 bits per heavy atom. The second-order valence-corrected chi connectivity index (χ2v) is 6.79. The highest BCUT2D eigenvalue weighted by atomic mass is 32.2. The van der Waals surface area contributed by atoms with Gasteiger partial charge < -0.3 is 5.73 Å². The molecule has 0 fully saturated rings. The highest BCUT2D eigenvalue weighted by molar-refractivity contribution is 7.92. The molecule has 0 unspecified atom stereocenters. The van der Waals surface area contributed by atoms with E-state index in [1.165, 1.54) is 12.1 Å². The molecule has 21 heavy (non-hydrogen) atoms. The maximum Gasteiger partial charge on any atom is 0.263 e. The first-order chi connectivity index (χ1) is 9.78. The van der Waals surface area contributed by atoms with Gasteiger partial charge in [0.1, 0.15) is 10.8 Å². The molecule has 5 nitrogen and oxygen atoms in total. The fraction of sp³-hybridized carbons (Fsp3) is 0.143. The molecule has 0 radical (unpaired) electrons. The molecule has 0 amide bonds. The summed E-state index contributed by atoms with van der Waals surface area (Å²) in [5, 5.41) is 0. The van der Waals surface area contributed by atoms with E-state index in [9.17, 15) is 8.42 Å². The van der Waals surface area contributed by atoms with Crippen LogP contribution in [0.3, 0.4) is 0 Å². The minimum Gasteiger partial charge on any atom is -0.389 e. The van der Waals surface area contributed by atoms with Crippen molar-refractivity contribution in [3.63, 3.8) is 0 Å². The van der Waals surface area contributed by atoms with Crippen molar-refractivity contribution in [2.45, 2.75) is 18.7 Å². The number of thiocarbonyl (C=S) groups is 1. The van der Waals surface area contributed by atoms with Crippen LogP contribution in [0.2, 0.25) is 0 Å². The zero-order valence-corrected chi connectivity index (χ0v) is 13.3. The molecule has 0 aliphatic heterocycles. The summed E-state index contributed by atoms with van der Waals surface area (Å²) < 4.78 is 27.0. The highest BCUT2D eigenvalue weighted by Gasteiger charge is 2.15. The molecular weight excluding hydrogens is 306 g/mol. The van der Waals surface area contributed by atoms with Gasteiger partial charge in [-0.15, -0.1) is 0 Å². The lowest BCUT2D eigenvalue weighted by atomic mass is 10.2. The van der Waals surface area contributed by atoms with Crippen LogP contribution >= 0.6 is 12.2 Å². The maximum absolute atomic E-state index is 12.3. The van der Waals surface area contributed by atoms with E-state index >= 15 is 0 Å². The standard InChI is InChI=1S/C14H15N3O2S2/c1-9-7-10(2)16-13(8-9)17-21(18,19)12-5-3-11(4-6-12)14(15)20/h3-8H,1-2H3,(H2,15,20)(H,16,17). The smallest absolute Gasteiger partial charge is 0.263 e. The molecular formula is C14H15N3O2S2. The van der Waals surface area contributed by atoms with Gasteiger partial charge in [-0.1, -0.05) is 24.4 Å². The Morgan fingerprint density at radius 2 is 1.81 bits per heavy atom. The Balaban J connectivity index is 2.31. The van der Waals surface area contributed by atoms with Gasteiger partial charge in [-0.3, -0.25) is 4.72 Å². The molecule has 3 N–H and O–H groups in total. The molecule has 0 saturated heterocycles. The van der Waals surface area contributed by atoms with Gasteiger partial charge in [-0.2, -0.15) is 0 Å². The summed E-state index contributed by atoms with van der Waals surface area (Å²) in [6.45, 7) is 3.69. The third kappa shape index (κ3) is 3.77. The van der Waals surface area contributed by atoms with Gasteiger partial charge in [0, 0.05) is 11.3 Å². The predicted molar refractivity (Wildman–Crippen MR) is 86.8 cm³/mol. The van der Waals surface area contributed by atoms with Gasteiger partial charge in [0.25, 0.3) is 10.0 Å². The van der Waals surface area contributed by atoms with Crippen molar-refractivity contribution in [1.82, 2.24) is 4.98 Å². The molecule has 2 aromatic rings. The first-order valence-corrected chi connectivity index (χ1v) is 8.05. The van der Waals surface area contributed by atoms with Crippen LogP contribution in [-0.2, 0) is 10.0 Å². The summed E-state index contributed by atoms with van der Waals surface area (Å²) >= 11 is 4.84. The number of nitrogens with zero attached hydrogens (tertiary/aromatic N) is 1. The van der Waals surface area contributed by atoms with Crippen molar-refractivity contribution >= 4 is 33.0 Å². The average Bonchev–Trinajstić information content (AvgIpc) is 2.37. The Labute approximate surface area is 129 Å². The van der Waals surface area contributed by atoms with Gasteiger partial charge in [-0.25, -0.2) is 13.4 Å². The minimum atomic E-state index is -3.69. The Kier molecular flexibility index (Phi) is 4.24. The normalized spacial score (nSPS) is 11.1. The lowest BCUT2D eigenvalue weighted by Gasteiger charge is -2.09. The Bertz CT molecular complexity index is 764. The molecule has 1 heterocycles. The summed E-state index contributed by atoms with van der Waals surface area (Å²) in [5.41, 5.74) is 7.79. The van der Waals surface area contributed by atoms with E-state index in [1.807, 2.05) is 19.9 Å². The molecule has 0 aliphatic rings. The van der Waals surface area contributed by atoms with Gasteiger partial charge in [0.15, 0.2) is 0 Å². The lowest BCUT2D eigenvalue weighted by molar-refractivity contribution is 0.601. The fourth-order valence-corrected chi connectivity index (χ4v) is 3.02. The van der Waals surface area contributed by atoms with Gasteiger partial charge >= 0.3 is 0 Å². The van der Waals surface area contributed by atoms with Crippen molar-refractivity contribution in [3.8, 4) is 0 Å². The molecule has 0 saturated carbocycles. The minimum absolute atomic E-state index is 0.128.